The Hall–Kier alpha value is -1.65. The van der Waals surface area contributed by atoms with Crippen molar-refractivity contribution in [3.05, 3.63) is 29.8 Å². The Morgan fingerprint density at radius 3 is 2.50 bits per heavy atom. The van der Waals surface area contributed by atoms with Gasteiger partial charge in [-0.25, -0.2) is 4.79 Å². The van der Waals surface area contributed by atoms with Crippen LogP contribution in [0.4, 0.5) is 18.0 Å². The van der Waals surface area contributed by atoms with Crippen molar-refractivity contribution in [2.75, 3.05) is 26.2 Å². The molecule has 0 bridgehead atoms. The van der Waals surface area contributed by atoms with Crippen molar-refractivity contribution in [2.45, 2.75) is 36.4 Å². The Morgan fingerprint density at radius 2 is 1.88 bits per heavy atom. The first-order chi connectivity index (χ1) is 12.2. The molecule has 2 aliphatic heterocycles. The topological polar surface area (TPSA) is 72.9 Å². The fraction of sp³-hybridized carbons (Fsp3) is 0.562. The van der Waals surface area contributed by atoms with E-state index in [0.717, 1.165) is 18.6 Å². The summed E-state index contributed by atoms with van der Waals surface area (Å²) in [6.45, 7) is 1.25. The summed E-state index contributed by atoms with van der Waals surface area (Å²) >= 11 is 0. The summed E-state index contributed by atoms with van der Waals surface area (Å²) in [5.74, 6) is 0. The number of amides is 1. The summed E-state index contributed by atoms with van der Waals surface area (Å²) in [5, 5.41) is 0. The quantitative estimate of drug-likeness (QED) is 0.742. The van der Waals surface area contributed by atoms with Crippen LogP contribution >= 0.6 is 0 Å². The Balaban J connectivity index is 1.70. The molecule has 1 atom stereocenters. The molecule has 1 aromatic rings. The Labute approximate surface area is 150 Å². The molecule has 0 radical (unpaired) electrons. The van der Waals surface area contributed by atoms with E-state index in [1.54, 1.807) is 4.90 Å². The fourth-order valence-electron chi connectivity index (χ4n) is 3.28. The zero-order valence-corrected chi connectivity index (χ0v) is 14.7. The van der Waals surface area contributed by atoms with E-state index >= 15 is 0 Å². The molecule has 1 amide bonds. The highest BCUT2D eigenvalue weighted by atomic mass is 32.3. The second kappa shape index (κ2) is 7.16. The fourth-order valence-corrected chi connectivity index (χ4v) is 4.79. The first kappa shape index (κ1) is 19.1. The first-order valence-electron chi connectivity index (χ1n) is 8.30. The summed E-state index contributed by atoms with van der Waals surface area (Å²) in [6.07, 6.45) is -3.42. The van der Waals surface area contributed by atoms with Crippen LogP contribution in [-0.4, -0.2) is 52.1 Å². The maximum atomic E-state index is 12.8. The van der Waals surface area contributed by atoms with Gasteiger partial charge in [0.05, 0.1) is 12.2 Å². The summed E-state index contributed by atoms with van der Waals surface area (Å²) < 4.78 is 70.0. The lowest BCUT2D eigenvalue weighted by Gasteiger charge is -2.39. The van der Waals surface area contributed by atoms with Crippen molar-refractivity contribution in [3.8, 4) is 0 Å². The average Bonchev–Trinajstić information content (AvgIpc) is 2.62. The predicted octanol–water partition coefficient (Wildman–Crippen LogP) is 2.92. The molecule has 6 nitrogen and oxygen atoms in total. The lowest BCUT2D eigenvalue weighted by molar-refractivity contribution is -0.137. The van der Waals surface area contributed by atoms with E-state index in [1.807, 2.05) is 0 Å². The third kappa shape index (κ3) is 3.86. The number of benzene rings is 1. The predicted molar refractivity (Wildman–Crippen MR) is 85.8 cm³/mol. The highest BCUT2D eigenvalue weighted by Gasteiger charge is 2.39. The average molecular weight is 392 g/mol. The molecule has 0 spiro atoms. The molecule has 1 unspecified atom stereocenters. The number of nitrogens with zero attached hydrogens (tertiary/aromatic N) is 2. The van der Waals surface area contributed by atoms with E-state index < -0.39 is 28.2 Å². The largest absolute Gasteiger partial charge is 0.593 e. The van der Waals surface area contributed by atoms with E-state index in [9.17, 15) is 26.7 Å². The monoisotopic (exact) mass is 392 g/mol. The zero-order chi connectivity index (χ0) is 18.9. The van der Waals surface area contributed by atoms with Crippen LogP contribution in [-0.2, 0) is 25.5 Å². The standard InChI is InChI=1S/C16H19F3N2O4S/c17-16(18,19)12-3-1-4-14(11-12)26(23,24)20-8-5-13(6-9-20)21-7-2-10-25-15(21)22/h1,3-4,11,13H,2,5-10H2. The SMILES string of the molecule is O=C1OCCCN1C1CCN([S+](=O)([O-])c2cccc(C(F)(F)F)c2)CC1. The second-order valence-electron chi connectivity index (χ2n) is 6.32. The Kier molecular flexibility index (Phi) is 5.27. The molecule has 2 saturated heterocycles. The van der Waals surface area contributed by atoms with Gasteiger partial charge in [-0.2, -0.15) is 13.2 Å². The van der Waals surface area contributed by atoms with Gasteiger partial charge in [-0.1, -0.05) is 10.3 Å². The zero-order valence-electron chi connectivity index (χ0n) is 13.9. The number of hydrogen-bond acceptors (Lipinski definition) is 4. The normalized spacial score (nSPS) is 22.8. The van der Waals surface area contributed by atoms with Crippen molar-refractivity contribution in [1.29, 1.82) is 0 Å². The molecule has 3 rings (SSSR count). The van der Waals surface area contributed by atoms with Crippen LogP contribution in [0.2, 0.25) is 0 Å². The molecule has 0 aliphatic carbocycles. The number of hydrogen-bond donors (Lipinski definition) is 0. The van der Waals surface area contributed by atoms with Gasteiger partial charge < -0.3 is 14.2 Å². The minimum absolute atomic E-state index is 0.115. The number of cyclic esters (lactones) is 1. The van der Waals surface area contributed by atoms with E-state index in [4.69, 9.17) is 4.74 Å². The van der Waals surface area contributed by atoms with Crippen molar-refractivity contribution in [1.82, 2.24) is 9.21 Å². The summed E-state index contributed by atoms with van der Waals surface area (Å²) in [5.41, 5.74) is -0.996. The lowest BCUT2D eigenvalue weighted by Crippen LogP contribution is -2.51. The number of carbonyl (C=O) groups excluding carboxylic acids is 1. The van der Waals surface area contributed by atoms with Crippen LogP contribution in [0, 0.1) is 0 Å². The molecule has 0 N–H and O–H groups in total. The lowest BCUT2D eigenvalue weighted by atomic mass is 10.0. The van der Waals surface area contributed by atoms with Crippen LogP contribution < -0.4 is 0 Å². The van der Waals surface area contributed by atoms with Crippen molar-refractivity contribution in [3.63, 3.8) is 0 Å². The first-order valence-corrected chi connectivity index (χ1v) is 9.74. The van der Waals surface area contributed by atoms with Crippen molar-refractivity contribution in [2.24, 2.45) is 0 Å². The number of ether oxygens (including phenoxy) is 1. The van der Waals surface area contributed by atoms with Crippen LogP contribution in [0.1, 0.15) is 24.8 Å². The minimum Gasteiger partial charge on any atom is -0.593 e. The molecule has 26 heavy (non-hydrogen) atoms. The van der Waals surface area contributed by atoms with Gasteiger partial charge in [-0.3, -0.25) is 0 Å². The number of alkyl halides is 3. The van der Waals surface area contributed by atoms with E-state index in [-0.39, 0.29) is 24.0 Å². The number of rotatable bonds is 3. The van der Waals surface area contributed by atoms with Crippen molar-refractivity contribution < 1.29 is 31.5 Å². The van der Waals surface area contributed by atoms with Crippen LogP contribution in [0.3, 0.4) is 0 Å². The second-order valence-corrected chi connectivity index (χ2v) is 8.26. The van der Waals surface area contributed by atoms with E-state index in [1.165, 1.54) is 10.4 Å². The van der Waals surface area contributed by atoms with Gasteiger partial charge in [-0.15, -0.1) is 4.31 Å². The molecule has 2 heterocycles. The van der Waals surface area contributed by atoms with Gasteiger partial charge in [-0.05, 0) is 31.4 Å². The van der Waals surface area contributed by atoms with Gasteiger partial charge in [0.25, 0.3) is 0 Å². The molecule has 2 aliphatic rings. The minimum atomic E-state index is -4.60. The van der Waals surface area contributed by atoms with E-state index in [2.05, 4.69) is 0 Å². The van der Waals surface area contributed by atoms with Gasteiger partial charge in [0.1, 0.15) is 0 Å². The molecule has 0 aromatic heterocycles. The Morgan fingerprint density at radius 1 is 1.19 bits per heavy atom. The number of sulfonamides is 1. The summed E-state index contributed by atoms with van der Waals surface area (Å²) in [4.78, 5) is 13.0. The smallest absolute Gasteiger partial charge is 0.416 e. The molecule has 144 valence electrons. The van der Waals surface area contributed by atoms with Gasteiger partial charge in [0.15, 0.2) is 15.3 Å². The highest BCUT2D eigenvalue weighted by molar-refractivity contribution is 7.95. The molecular formula is C16H19F3N2O4S. The number of halogens is 3. The molecular weight excluding hydrogens is 373 g/mol. The molecule has 2 fully saturated rings. The molecule has 0 saturated carbocycles. The van der Waals surface area contributed by atoms with Gasteiger partial charge in [0, 0.05) is 31.7 Å². The van der Waals surface area contributed by atoms with Crippen LogP contribution in [0.15, 0.2) is 29.2 Å². The van der Waals surface area contributed by atoms with Crippen molar-refractivity contribution >= 4 is 16.5 Å². The maximum Gasteiger partial charge on any atom is 0.416 e. The van der Waals surface area contributed by atoms with Crippen LogP contribution in [0.25, 0.3) is 0 Å². The van der Waals surface area contributed by atoms with E-state index in [0.29, 0.717) is 32.1 Å². The molecule has 1 aromatic carbocycles. The van der Waals surface area contributed by atoms with Gasteiger partial charge >= 0.3 is 12.3 Å². The summed E-state index contributed by atoms with van der Waals surface area (Å²) in [6, 6.07) is 3.64. The number of piperidine rings is 1. The highest BCUT2D eigenvalue weighted by Crippen LogP contribution is 2.33. The van der Waals surface area contributed by atoms with Gasteiger partial charge in [0.2, 0.25) is 0 Å². The third-order valence-electron chi connectivity index (χ3n) is 4.67. The summed E-state index contributed by atoms with van der Waals surface area (Å²) in [7, 11) is -4.01. The van der Waals surface area contributed by atoms with Crippen LogP contribution in [0.5, 0.6) is 0 Å². The maximum absolute atomic E-state index is 12.8. The molecule has 10 heteroatoms. The third-order valence-corrected chi connectivity index (χ3v) is 6.56. The number of carbonyl (C=O) groups is 1. The Bertz CT molecular complexity index is 720.